The summed E-state index contributed by atoms with van der Waals surface area (Å²) in [5, 5.41) is 6.06. The summed E-state index contributed by atoms with van der Waals surface area (Å²) in [6.07, 6.45) is 0. The third kappa shape index (κ3) is 3.29. The van der Waals surface area contributed by atoms with E-state index in [0.717, 1.165) is 33.6 Å². The number of hydrogen-bond acceptors (Lipinski definition) is 4. The number of nitrogens with zero attached hydrogens (tertiary/aromatic N) is 1. The molecule has 0 saturated heterocycles. The number of thiazole rings is 1. The van der Waals surface area contributed by atoms with Crippen molar-refractivity contribution in [2.75, 3.05) is 12.4 Å². The van der Waals surface area contributed by atoms with Crippen molar-refractivity contribution in [3.8, 4) is 17.0 Å². The van der Waals surface area contributed by atoms with Crippen LogP contribution in [-0.2, 0) is 0 Å². The highest BCUT2D eigenvalue weighted by Crippen LogP contribution is 2.35. The van der Waals surface area contributed by atoms with Crippen LogP contribution in [0.2, 0.25) is 0 Å². The second-order valence-electron chi connectivity index (χ2n) is 6.04. The number of aromatic nitrogens is 2. The van der Waals surface area contributed by atoms with Gasteiger partial charge in [-0.05, 0) is 43.3 Å². The number of ether oxygens (including phenoxy) is 1. The third-order valence-electron chi connectivity index (χ3n) is 4.26. The molecular weight excluding hydrogens is 365 g/mol. The lowest BCUT2D eigenvalue weighted by Gasteiger charge is -2.02. The maximum atomic E-state index is 13.3. The molecule has 1 amide bonds. The average molecular weight is 381 g/mol. The number of benzene rings is 2. The zero-order valence-electron chi connectivity index (χ0n) is 14.7. The number of aryl methyl sites for hydroxylation is 1. The van der Waals surface area contributed by atoms with Gasteiger partial charge < -0.3 is 9.72 Å². The summed E-state index contributed by atoms with van der Waals surface area (Å²) in [7, 11) is 1.63. The van der Waals surface area contributed by atoms with Crippen molar-refractivity contribution in [1.82, 2.24) is 9.97 Å². The van der Waals surface area contributed by atoms with Crippen LogP contribution in [0, 0.1) is 12.7 Å². The van der Waals surface area contributed by atoms with Gasteiger partial charge in [-0.2, -0.15) is 0 Å². The third-order valence-corrected chi connectivity index (χ3v) is 5.02. The molecule has 2 N–H and O–H groups in total. The molecular formula is C20H16FN3O2S. The molecule has 0 aliphatic rings. The molecule has 27 heavy (non-hydrogen) atoms. The van der Waals surface area contributed by atoms with Crippen molar-refractivity contribution in [3.05, 3.63) is 64.9 Å². The Morgan fingerprint density at radius 3 is 2.89 bits per heavy atom. The van der Waals surface area contributed by atoms with Gasteiger partial charge in [0.15, 0.2) is 5.13 Å². The largest absolute Gasteiger partial charge is 0.497 e. The fraction of sp³-hybridized carbons (Fsp3) is 0.100. The van der Waals surface area contributed by atoms with E-state index in [1.807, 2.05) is 30.5 Å². The van der Waals surface area contributed by atoms with E-state index < -0.39 is 11.7 Å². The fourth-order valence-electron chi connectivity index (χ4n) is 3.01. The van der Waals surface area contributed by atoms with Gasteiger partial charge in [-0.1, -0.05) is 6.07 Å². The lowest BCUT2D eigenvalue weighted by atomic mass is 10.1. The quantitative estimate of drug-likeness (QED) is 0.523. The van der Waals surface area contributed by atoms with Gasteiger partial charge in [-0.25, -0.2) is 9.37 Å². The number of hydrogen-bond donors (Lipinski definition) is 2. The van der Waals surface area contributed by atoms with Gasteiger partial charge in [0.05, 0.1) is 12.8 Å². The van der Waals surface area contributed by atoms with Crippen LogP contribution in [-0.4, -0.2) is 23.0 Å². The van der Waals surface area contributed by atoms with E-state index in [1.54, 1.807) is 13.2 Å². The smallest absolute Gasteiger partial charge is 0.257 e. The van der Waals surface area contributed by atoms with E-state index in [0.29, 0.717) is 5.13 Å². The van der Waals surface area contributed by atoms with Crippen LogP contribution in [0.3, 0.4) is 0 Å². The summed E-state index contributed by atoms with van der Waals surface area (Å²) in [4.78, 5) is 20.2. The summed E-state index contributed by atoms with van der Waals surface area (Å²) >= 11 is 1.32. The monoisotopic (exact) mass is 381 g/mol. The number of amides is 1. The molecule has 0 aliphatic heterocycles. The number of H-pyrrole nitrogens is 1. The van der Waals surface area contributed by atoms with Crippen molar-refractivity contribution >= 4 is 33.3 Å². The van der Waals surface area contributed by atoms with E-state index in [2.05, 4.69) is 15.3 Å². The Morgan fingerprint density at radius 1 is 1.26 bits per heavy atom. The Hall–Kier alpha value is -3.19. The van der Waals surface area contributed by atoms with E-state index in [-0.39, 0.29) is 5.56 Å². The van der Waals surface area contributed by atoms with E-state index in [9.17, 15) is 9.18 Å². The van der Waals surface area contributed by atoms with E-state index >= 15 is 0 Å². The summed E-state index contributed by atoms with van der Waals surface area (Å²) in [5.41, 5.74) is 3.94. The Kier molecular flexibility index (Phi) is 4.37. The highest BCUT2D eigenvalue weighted by atomic mass is 32.1. The standard InChI is InChI=1S/C20H16FN3O2S/c1-11-18(15-9-14(26-2)6-7-16(15)22-11)17-10-27-20(23-17)24-19(25)12-4-3-5-13(21)8-12/h3-10,22H,1-2H3,(H,23,24,25). The number of fused-ring (bicyclic) bond motifs is 1. The molecule has 2 heterocycles. The molecule has 0 radical (unpaired) electrons. The number of rotatable bonds is 4. The molecule has 0 bridgehead atoms. The Morgan fingerprint density at radius 2 is 2.11 bits per heavy atom. The number of nitrogens with one attached hydrogen (secondary N) is 2. The van der Waals surface area contributed by atoms with Crippen molar-refractivity contribution in [1.29, 1.82) is 0 Å². The second-order valence-corrected chi connectivity index (χ2v) is 6.90. The Bertz CT molecular complexity index is 1150. The molecule has 0 saturated carbocycles. The van der Waals surface area contributed by atoms with Crippen molar-refractivity contribution in [2.45, 2.75) is 6.92 Å². The number of carbonyl (C=O) groups excluding carboxylic acids is 1. The van der Waals surface area contributed by atoms with Crippen LogP contribution in [0.15, 0.2) is 47.8 Å². The molecule has 0 aliphatic carbocycles. The maximum Gasteiger partial charge on any atom is 0.257 e. The minimum absolute atomic E-state index is 0.250. The zero-order valence-corrected chi connectivity index (χ0v) is 15.5. The van der Waals surface area contributed by atoms with Crippen LogP contribution in [0.1, 0.15) is 16.1 Å². The van der Waals surface area contributed by atoms with Crippen LogP contribution in [0.5, 0.6) is 5.75 Å². The molecule has 4 rings (SSSR count). The summed E-state index contributed by atoms with van der Waals surface area (Å²) < 4.78 is 18.6. The van der Waals surface area contributed by atoms with Crippen LogP contribution < -0.4 is 10.1 Å². The predicted molar refractivity (Wildman–Crippen MR) is 105 cm³/mol. The zero-order chi connectivity index (χ0) is 19.0. The number of halogens is 1. The first-order valence-electron chi connectivity index (χ1n) is 8.24. The van der Waals surface area contributed by atoms with E-state index in [4.69, 9.17) is 4.74 Å². The van der Waals surface area contributed by atoms with Crippen molar-refractivity contribution in [3.63, 3.8) is 0 Å². The van der Waals surface area contributed by atoms with Crippen LogP contribution in [0.4, 0.5) is 9.52 Å². The molecule has 0 spiro atoms. The number of methoxy groups -OCH3 is 1. The lowest BCUT2D eigenvalue weighted by molar-refractivity contribution is 0.102. The van der Waals surface area contributed by atoms with Crippen LogP contribution >= 0.6 is 11.3 Å². The molecule has 2 aromatic heterocycles. The normalized spacial score (nSPS) is 10.9. The van der Waals surface area contributed by atoms with Gasteiger partial charge >= 0.3 is 0 Å². The minimum atomic E-state index is -0.453. The molecule has 5 nitrogen and oxygen atoms in total. The molecule has 0 unspecified atom stereocenters. The lowest BCUT2D eigenvalue weighted by Crippen LogP contribution is -2.11. The molecule has 0 fully saturated rings. The molecule has 7 heteroatoms. The Balaban J connectivity index is 1.66. The van der Waals surface area contributed by atoms with Gasteiger partial charge in [-0.3, -0.25) is 10.1 Å². The number of aromatic amines is 1. The molecule has 2 aromatic carbocycles. The minimum Gasteiger partial charge on any atom is -0.497 e. The van der Waals surface area contributed by atoms with Crippen LogP contribution in [0.25, 0.3) is 22.2 Å². The first-order chi connectivity index (χ1) is 13.0. The van der Waals surface area contributed by atoms with Crippen molar-refractivity contribution < 1.29 is 13.9 Å². The average Bonchev–Trinajstić information content (AvgIpc) is 3.23. The highest BCUT2D eigenvalue weighted by Gasteiger charge is 2.16. The first-order valence-corrected chi connectivity index (χ1v) is 9.12. The van der Waals surface area contributed by atoms with Gasteiger partial charge in [0.1, 0.15) is 11.6 Å². The molecule has 4 aromatic rings. The second kappa shape index (κ2) is 6.85. The van der Waals surface area contributed by atoms with Gasteiger partial charge in [-0.15, -0.1) is 11.3 Å². The van der Waals surface area contributed by atoms with Gasteiger partial charge in [0.2, 0.25) is 0 Å². The molecule has 0 atom stereocenters. The topological polar surface area (TPSA) is 67.0 Å². The summed E-state index contributed by atoms with van der Waals surface area (Å²) in [6.45, 7) is 1.98. The summed E-state index contributed by atoms with van der Waals surface area (Å²) in [5.74, 6) is -0.0869. The highest BCUT2D eigenvalue weighted by molar-refractivity contribution is 7.14. The number of carbonyl (C=O) groups is 1. The van der Waals surface area contributed by atoms with Gasteiger partial charge in [0.25, 0.3) is 5.91 Å². The fourth-order valence-corrected chi connectivity index (χ4v) is 3.70. The SMILES string of the molecule is COc1ccc2[nH]c(C)c(-c3csc(NC(=O)c4cccc(F)c4)n3)c2c1. The number of anilines is 1. The summed E-state index contributed by atoms with van der Waals surface area (Å²) in [6, 6.07) is 11.4. The molecule has 136 valence electrons. The van der Waals surface area contributed by atoms with Gasteiger partial charge in [0, 0.05) is 33.1 Å². The Labute approximate surface area is 158 Å². The van der Waals surface area contributed by atoms with Crippen molar-refractivity contribution in [2.24, 2.45) is 0 Å². The maximum absolute atomic E-state index is 13.3. The van der Waals surface area contributed by atoms with E-state index in [1.165, 1.54) is 29.5 Å². The first kappa shape index (κ1) is 17.2. The predicted octanol–water partition coefficient (Wildman–Crippen LogP) is 5.00.